The molecule has 1 aromatic rings. The third-order valence-corrected chi connectivity index (χ3v) is 3.94. The second-order valence-corrected chi connectivity index (χ2v) is 5.37. The topological polar surface area (TPSA) is 33.7 Å². The van der Waals surface area contributed by atoms with Gasteiger partial charge in [-0.25, -0.2) is 4.39 Å². The zero-order valence-corrected chi connectivity index (χ0v) is 11.8. The van der Waals surface area contributed by atoms with Crippen LogP contribution in [0.4, 0.5) is 4.39 Å². The fourth-order valence-electron chi connectivity index (χ4n) is 2.74. The highest BCUT2D eigenvalue weighted by atomic mass is 19.1. The monoisotopic (exact) mass is 280 g/mol. The van der Waals surface area contributed by atoms with E-state index in [2.05, 4.69) is 10.2 Å². The predicted octanol–water partition coefficient (Wildman–Crippen LogP) is 1.89. The SMILES string of the molecule is CC(F)c1cc(CCN2CCNCC2)c2c(c1)OCO2. The predicted molar refractivity (Wildman–Crippen MR) is 75.1 cm³/mol. The summed E-state index contributed by atoms with van der Waals surface area (Å²) in [5.41, 5.74) is 1.72. The number of nitrogens with zero attached hydrogens (tertiary/aromatic N) is 1. The summed E-state index contributed by atoms with van der Waals surface area (Å²) in [5.74, 6) is 1.48. The standard InChI is InChI=1S/C15H21FN2O2/c1-11(16)13-8-12(15-14(9-13)19-10-20-15)2-5-18-6-3-17-4-7-18/h8-9,11,17H,2-7,10H2,1H3. The molecule has 0 aliphatic carbocycles. The minimum absolute atomic E-state index is 0.236. The van der Waals surface area contributed by atoms with Crippen molar-refractivity contribution in [2.75, 3.05) is 39.5 Å². The van der Waals surface area contributed by atoms with Crippen molar-refractivity contribution in [2.24, 2.45) is 0 Å². The van der Waals surface area contributed by atoms with E-state index in [1.165, 1.54) is 0 Å². The van der Waals surface area contributed by atoms with Gasteiger partial charge in [0, 0.05) is 32.7 Å². The molecule has 1 saturated heterocycles. The van der Waals surface area contributed by atoms with Gasteiger partial charge in [-0.2, -0.15) is 0 Å². The second kappa shape index (κ2) is 5.97. The van der Waals surface area contributed by atoms with Crippen molar-refractivity contribution < 1.29 is 13.9 Å². The average molecular weight is 280 g/mol. The van der Waals surface area contributed by atoms with Gasteiger partial charge in [-0.15, -0.1) is 0 Å². The molecule has 1 unspecified atom stereocenters. The maximum Gasteiger partial charge on any atom is 0.231 e. The smallest absolute Gasteiger partial charge is 0.231 e. The first-order valence-corrected chi connectivity index (χ1v) is 7.23. The van der Waals surface area contributed by atoms with Gasteiger partial charge in [-0.3, -0.25) is 0 Å². The van der Waals surface area contributed by atoms with Gasteiger partial charge in [-0.1, -0.05) is 0 Å². The average Bonchev–Trinajstić information content (AvgIpc) is 2.94. The van der Waals surface area contributed by atoms with Crippen LogP contribution >= 0.6 is 0 Å². The van der Waals surface area contributed by atoms with Crippen LogP contribution in [0.25, 0.3) is 0 Å². The number of rotatable bonds is 4. The molecule has 0 spiro atoms. The molecule has 2 aliphatic rings. The Balaban J connectivity index is 1.74. The van der Waals surface area contributed by atoms with Crippen LogP contribution in [0.3, 0.4) is 0 Å². The van der Waals surface area contributed by atoms with Crippen molar-refractivity contribution in [1.29, 1.82) is 0 Å². The van der Waals surface area contributed by atoms with Crippen LogP contribution in [-0.4, -0.2) is 44.4 Å². The number of alkyl halides is 1. The van der Waals surface area contributed by atoms with Gasteiger partial charge in [0.25, 0.3) is 0 Å². The van der Waals surface area contributed by atoms with Crippen molar-refractivity contribution in [3.63, 3.8) is 0 Å². The molecule has 1 aromatic carbocycles. The highest BCUT2D eigenvalue weighted by Crippen LogP contribution is 2.39. The highest BCUT2D eigenvalue weighted by Gasteiger charge is 2.21. The van der Waals surface area contributed by atoms with Crippen molar-refractivity contribution >= 4 is 0 Å². The molecular formula is C15H21FN2O2. The number of hydrogen-bond acceptors (Lipinski definition) is 4. The van der Waals surface area contributed by atoms with Gasteiger partial charge in [0.1, 0.15) is 6.17 Å². The Morgan fingerprint density at radius 2 is 2.10 bits per heavy atom. The van der Waals surface area contributed by atoms with Crippen molar-refractivity contribution in [1.82, 2.24) is 10.2 Å². The number of fused-ring (bicyclic) bond motifs is 1. The molecule has 0 bridgehead atoms. The number of halogens is 1. The number of nitrogens with one attached hydrogen (secondary N) is 1. The van der Waals surface area contributed by atoms with E-state index < -0.39 is 6.17 Å². The number of piperazine rings is 1. The van der Waals surface area contributed by atoms with Gasteiger partial charge >= 0.3 is 0 Å². The molecule has 3 rings (SSSR count). The normalized spacial score (nSPS) is 20.1. The minimum Gasteiger partial charge on any atom is -0.454 e. The Morgan fingerprint density at radius 3 is 2.85 bits per heavy atom. The Morgan fingerprint density at radius 1 is 1.30 bits per heavy atom. The molecule has 1 atom stereocenters. The van der Waals surface area contributed by atoms with Crippen LogP contribution < -0.4 is 14.8 Å². The lowest BCUT2D eigenvalue weighted by atomic mass is 10.0. The van der Waals surface area contributed by atoms with Gasteiger partial charge in [0.05, 0.1) is 0 Å². The van der Waals surface area contributed by atoms with Crippen LogP contribution in [-0.2, 0) is 6.42 Å². The lowest BCUT2D eigenvalue weighted by Crippen LogP contribution is -2.44. The molecule has 2 aliphatic heterocycles. The fraction of sp³-hybridized carbons (Fsp3) is 0.600. The molecule has 0 radical (unpaired) electrons. The molecule has 1 N–H and O–H groups in total. The van der Waals surface area contributed by atoms with Gasteiger partial charge in [-0.05, 0) is 36.6 Å². The van der Waals surface area contributed by atoms with Crippen molar-refractivity contribution in [2.45, 2.75) is 19.5 Å². The Hall–Kier alpha value is -1.33. The Kier molecular flexibility index (Phi) is 4.08. The van der Waals surface area contributed by atoms with Gasteiger partial charge in [0.2, 0.25) is 6.79 Å². The molecular weight excluding hydrogens is 259 g/mol. The Bertz CT molecular complexity index is 473. The Labute approximate surface area is 118 Å². The van der Waals surface area contributed by atoms with E-state index >= 15 is 0 Å². The lowest BCUT2D eigenvalue weighted by Gasteiger charge is -2.27. The summed E-state index contributed by atoms with van der Waals surface area (Å²) in [4.78, 5) is 2.42. The van der Waals surface area contributed by atoms with E-state index in [1.54, 1.807) is 13.0 Å². The summed E-state index contributed by atoms with van der Waals surface area (Å²) >= 11 is 0. The molecule has 0 saturated carbocycles. The van der Waals surface area contributed by atoms with E-state index in [1.807, 2.05) is 6.07 Å². The van der Waals surface area contributed by atoms with Gasteiger partial charge < -0.3 is 19.7 Å². The van der Waals surface area contributed by atoms with Crippen LogP contribution in [0.15, 0.2) is 12.1 Å². The first-order valence-electron chi connectivity index (χ1n) is 7.23. The maximum atomic E-state index is 13.6. The van der Waals surface area contributed by atoms with Crippen molar-refractivity contribution in [3.05, 3.63) is 23.3 Å². The molecule has 20 heavy (non-hydrogen) atoms. The number of ether oxygens (including phenoxy) is 2. The third-order valence-electron chi connectivity index (χ3n) is 3.94. The van der Waals surface area contributed by atoms with Gasteiger partial charge in [0.15, 0.2) is 11.5 Å². The summed E-state index contributed by atoms with van der Waals surface area (Å²) in [5, 5.41) is 3.34. The third kappa shape index (κ3) is 2.88. The largest absolute Gasteiger partial charge is 0.454 e. The zero-order chi connectivity index (χ0) is 13.9. The first kappa shape index (κ1) is 13.6. The molecule has 2 heterocycles. The van der Waals surface area contributed by atoms with E-state index in [4.69, 9.17) is 9.47 Å². The van der Waals surface area contributed by atoms with Crippen LogP contribution in [0.5, 0.6) is 11.5 Å². The zero-order valence-electron chi connectivity index (χ0n) is 11.8. The summed E-state index contributed by atoms with van der Waals surface area (Å²) in [6.07, 6.45) is -0.117. The molecule has 0 amide bonds. The first-order chi connectivity index (χ1) is 9.74. The van der Waals surface area contributed by atoms with Crippen molar-refractivity contribution in [3.8, 4) is 11.5 Å². The summed E-state index contributed by atoms with van der Waals surface area (Å²) in [6, 6.07) is 3.67. The maximum absolute atomic E-state index is 13.6. The van der Waals surface area contributed by atoms with E-state index in [9.17, 15) is 4.39 Å². The molecule has 0 aromatic heterocycles. The molecule has 110 valence electrons. The van der Waals surface area contributed by atoms with Crippen LogP contribution in [0.2, 0.25) is 0 Å². The van der Waals surface area contributed by atoms with E-state index in [0.717, 1.165) is 50.5 Å². The molecule has 4 nitrogen and oxygen atoms in total. The number of hydrogen-bond donors (Lipinski definition) is 1. The minimum atomic E-state index is -0.984. The summed E-state index contributed by atoms with van der Waals surface area (Å²) in [7, 11) is 0. The quantitative estimate of drug-likeness (QED) is 0.913. The lowest BCUT2D eigenvalue weighted by molar-refractivity contribution is 0.172. The van der Waals surface area contributed by atoms with Crippen LogP contribution in [0.1, 0.15) is 24.2 Å². The summed E-state index contributed by atoms with van der Waals surface area (Å²) in [6.45, 7) is 6.98. The summed E-state index contributed by atoms with van der Waals surface area (Å²) < 4.78 is 24.5. The van der Waals surface area contributed by atoms with Crippen LogP contribution in [0, 0.1) is 0 Å². The fourth-order valence-corrected chi connectivity index (χ4v) is 2.74. The highest BCUT2D eigenvalue weighted by molar-refractivity contribution is 5.51. The molecule has 5 heteroatoms. The second-order valence-electron chi connectivity index (χ2n) is 5.37. The van der Waals surface area contributed by atoms with E-state index in [0.29, 0.717) is 11.3 Å². The molecule has 1 fully saturated rings. The number of benzene rings is 1. The van der Waals surface area contributed by atoms with E-state index in [-0.39, 0.29) is 6.79 Å².